The van der Waals surface area contributed by atoms with Crippen LogP contribution in [-0.2, 0) is 4.74 Å². The summed E-state index contributed by atoms with van der Waals surface area (Å²) in [6, 6.07) is 0. The summed E-state index contributed by atoms with van der Waals surface area (Å²) in [7, 11) is 0. The van der Waals surface area contributed by atoms with Gasteiger partial charge in [0.25, 0.3) is 0 Å². The zero-order chi connectivity index (χ0) is 7.11. The fraction of sp³-hybridized carbons (Fsp3) is 0.625. The van der Waals surface area contributed by atoms with Crippen molar-refractivity contribution in [1.82, 2.24) is 0 Å². The highest BCUT2D eigenvalue weighted by Gasteiger charge is 1.80. The Kier molecular flexibility index (Phi) is 5.35. The maximum Gasteiger partial charge on any atom is 0.107 e. The maximum absolute atomic E-state index is 5.00. The molecule has 9 heavy (non-hydrogen) atoms. The second-order valence-electron chi connectivity index (χ2n) is 1.94. The van der Waals surface area contributed by atoms with E-state index in [1.807, 2.05) is 20.8 Å². The van der Waals surface area contributed by atoms with Gasteiger partial charge in [-0.1, -0.05) is 11.8 Å². The highest BCUT2D eigenvalue weighted by Crippen LogP contribution is 1.88. The molecular weight excluding hydrogens is 112 g/mol. The molecule has 0 aromatic heterocycles. The molecule has 0 amide bonds. The summed E-state index contributed by atoms with van der Waals surface area (Å²) in [5, 5.41) is 0. The number of hydrogen-bond acceptors (Lipinski definition) is 1. The van der Waals surface area contributed by atoms with Gasteiger partial charge < -0.3 is 4.74 Å². The Morgan fingerprint density at radius 1 is 1.44 bits per heavy atom. The predicted molar refractivity (Wildman–Crippen MR) is 38.9 cm³/mol. The van der Waals surface area contributed by atoms with Crippen molar-refractivity contribution < 1.29 is 4.74 Å². The van der Waals surface area contributed by atoms with Gasteiger partial charge in [-0.3, -0.25) is 0 Å². The van der Waals surface area contributed by atoms with Gasteiger partial charge in [0.2, 0.25) is 0 Å². The summed E-state index contributed by atoms with van der Waals surface area (Å²) < 4.78 is 5.00. The van der Waals surface area contributed by atoms with Crippen LogP contribution in [0.3, 0.4) is 0 Å². The van der Waals surface area contributed by atoms with Gasteiger partial charge in [0.05, 0.1) is 0 Å². The second-order valence-corrected chi connectivity index (χ2v) is 1.94. The first-order chi connectivity index (χ1) is 4.27. The third-order valence-electron chi connectivity index (χ3n) is 0.717. The van der Waals surface area contributed by atoms with Crippen molar-refractivity contribution in [1.29, 1.82) is 0 Å². The van der Waals surface area contributed by atoms with E-state index in [-0.39, 0.29) is 0 Å². The molecule has 0 aromatic rings. The smallest absolute Gasteiger partial charge is 0.107 e. The molecular formula is C8H13O. The molecule has 0 N–H and O–H groups in total. The van der Waals surface area contributed by atoms with Crippen LogP contribution in [0.15, 0.2) is 0 Å². The van der Waals surface area contributed by atoms with Gasteiger partial charge in [0.1, 0.15) is 6.61 Å². The van der Waals surface area contributed by atoms with Gasteiger partial charge in [-0.25, -0.2) is 0 Å². The van der Waals surface area contributed by atoms with Crippen LogP contribution in [0, 0.1) is 17.8 Å². The molecule has 1 nitrogen and oxygen atoms in total. The molecule has 0 aromatic carbocycles. The van der Waals surface area contributed by atoms with Crippen LogP contribution in [0.1, 0.15) is 20.8 Å². The van der Waals surface area contributed by atoms with E-state index in [0.29, 0.717) is 6.61 Å². The van der Waals surface area contributed by atoms with Crippen LogP contribution >= 0.6 is 0 Å². The van der Waals surface area contributed by atoms with Gasteiger partial charge in [0.15, 0.2) is 0 Å². The van der Waals surface area contributed by atoms with Gasteiger partial charge in [-0.05, 0) is 20.8 Å². The average Bonchev–Trinajstić information content (AvgIpc) is 1.80. The highest BCUT2D eigenvalue weighted by atomic mass is 16.5. The third kappa shape index (κ3) is 7.52. The van der Waals surface area contributed by atoms with Crippen LogP contribution in [0.5, 0.6) is 0 Å². The largest absolute Gasteiger partial charge is 0.369 e. The minimum atomic E-state index is 0.557. The Hall–Kier alpha value is -0.480. The number of rotatable bonds is 2. The average molecular weight is 125 g/mol. The normalized spacial score (nSPS) is 8.89. The minimum Gasteiger partial charge on any atom is -0.369 e. The zero-order valence-electron chi connectivity index (χ0n) is 6.32. The summed E-state index contributed by atoms with van der Waals surface area (Å²) in [5.74, 6) is 6.93. The Morgan fingerprint density at radius 2 is 2.11 bits per heavy atom. The van der Waals surface area contributed by atoms with Gasteiger partial charge in [0, 0.05) is 12.5 Å². The summed E-state index contributed by atoms with van der Waals surface area (Å²) >= 11 is 0. The van der Waals surface area contributed by atoms with E-state index in [2.05, 4.69) is 11.8 Å². The molecule has 1 heteroatoms. The Balaban J connectivity index is 3.16. The van der Waals surface area contributed by atoms with Crippen molar-refractivity contribution in [2.24, 2.45) is 0 Å². The molecule has 0 saturated heterocycles. The van der Waals surface area contributed by atoms with E-state index in [1.54, 1.807) is 0 Å². The Morgan fingerprint density at radius 3 is 2.56 bits per heavy atom. The van der Waals surface area contributed by atoms with Crippen LogP contribution in [-0.4, -0.2) is 13.2 Å². The van der Waals surface area contributed by atoms with Crippen LogP contribution in [0.25, 0.3) is 0 Å². The van der Waals surface area contributed by atoms with Crippen molar-refractivity contribution in [3.05, 3.63) is 5.92 Å². The van der Waals surface area contributed by atoms with E-state index < -0.39 is 0 Å². The van der Waals surface area contributed by atoms with Crippen molar-refractivity contribution >= 4 is 0 Å². The van der Waals surface area contributed by atoms with E-state index in [1.165, 1.54) is 0 Å². The Labute approximate surface area is 57.4 Å². The first-order valence-corrected chi connectivity index (χ1v) is 3.14. The second kappa shape index (κ2) is 5.65. The van der Waals surface area contributed by atoms with Crippen LogP contribution in [0.2, 0.25) is 0 Å². The molecule has 0 fully saturated rings. The molecule has 0 aliphatic heterocycles. The lowest BCUT2D eigenvalue weighted by atomic mass is 10.2. The van der Waals surface area contributed by atoms with Crippen molar-refractivity contribution in [3.8, 4) is 11.8 Å². The quantitative estimate of drug-likeness (QED) is 0.402. The molecule has 0 aliphatic carbocycles. The molecule has 0 aliphatic rings. The van der Waals surface area contributed by atoms with Crippen molar-refractivity contribution in [2.75, 3.05) is 13.2 Å². The van der Waals surface area contributed by atoms with Gasteiger partial charge >= 0.3 is 0 Å². The van der Waals surface area contributed by atoms with Crippen molar-refractivity contribution in [3.63, 3.8) is 0 Å². The zero-order valence-corrected chi connectivity index (χ0v) is 6.32. The molecule has 0 atom stereocenters. The number of ether oxygens (including phenoxy) is 1. The van der Waals surface area contributed by atoms with Crippen molar-refractivity contribution in [2.45, 2.75) is 20.8 Å². The third-order valence-corrected chi connectivity index (χ3v) is 0.717. The first kappa shape index (κ1) is 8.52. The molecule has 51 valence electrons. The summed E-state index contributed by atoms with van der Waals surface area (Å²) in [4.78, 5) is 0. The maximum atomic E-state index is 5.00. The summed E-state index contributed by atoms with van der Waals surface area (Å²) in [5.41, 5.74) is 0. The SMILES string of the molecule is CCOCC#C[C](C)C. The topological polar surface area (TPSA) is 9.23 Å². The molecule has 0 spiro atoms. The van der Waals surface area contributed by atoms with Crippen LogP contribution in [0.4, 0.5) is 0 Å². The fourth-order valence-electron chi connectivity index (χ4n) is 0.366. The molecule has 0 rings (SSSR count). The van der Waals surface area contributed by atoms with E-state index in [9.17, 15) is 0 Å². The molecule has 0 saturated carbocycles. The molecule has 0 bridgehead atoms. The first-order valence-electron chi connectivity index (χ1n) is 3.14. The highest BCUT2D eigenvalue weighted by molar-refractivity contribution is 5.16. The van der Waals surface area contributed by atoms with Crippen LogP contribution < -0.4 is 0 Å². The molecule has 0 unspecified atom stereocenters. The number of hydrogen-bond donors (Lipinski definition) is 0. The predicted octanol–water partition coefficient (Wildman–Crippen LogP) is 1.64. The summed E-state index contributed by atoms with van der Waals surface area (Å²) in [6.07, 6.45) is 0. The standard InChI is InChI=1S/C8H13O/c1-4-9-7-5-6-8(2)3/h4,7H2,1-3H3. The minimum absolute atomic E-state index is 0.557. The lowest BCUT2D eigenvalue weighted by Gasteiger charge is -1.89. The summed E-state index contributed by atoms with van der Waals surface area (Å²) in [6.45, 7) is 7.24. The lowest BCUT2D eigenvalue weighted by Crippen LogP contribution is -1.89. The van der Waals surface area contributed by atoms with Gasteiger partial charge in [-0.15, -0.1) is 0 Å². The van der Waals surface area contributed by atoms with E-state index in [0.717, 1.165) is 12.5 Å². The van der Waals surface area contributed by atoms with E-state index >= 15 is 0 Å². The Bertz CT molecular complexity index is 105. The van der Waals surface area contributed by atoms with Gasteiger partial charge in [-0.2, -0.15) is 0 Å². The van der Waals surface area contributed by atoms with E-state index in [4.69, 9.17) is 4.74 Å². The monoisotopic (exact) mass is 125 g/mol. The fourth-order valence-corrected chi connectivity index (χ4v) is 0.366. The molecule has 1 radical (unpaired) electrons. The molecule has 0 heterocycles. The lowest BCUT2D eigenvalue weighted by molar-refractivity contribution is 0.182.